The van der Waals surface area contributed by atoms with Crippen LogP contribution in [0.1, 0.15) is 58.9 Å². The highest BCUT2D eigenvalue weighted by Gasteiger charge is 2.27. The zero-order valence-electron chi connectivity index (χ0n) is 17.8. The number of carbonyl (C=O) groups is 3. The third-order valence-electron chi connectivity index (χ3n) is 4.10. The molecule has 1 rings (SSSR count). The number of benzene rings is 1. The van der Waals surface area contributed by atoms with E-state index in [0.29, 0.717) is 11.5 Å². The van der Waals surface area contributed by atoms with Crippen LogP contribution < -0.4 is 5.43 Å². The smallest absolute Gasteiger partial charge is 0.429 e. The second-order valence-electron chi connectivity index (χ2n) is 7.95. The molecule has 0 radical (unpaired) electrons. The Morgan fingerprint density at radius 2 is 1.86 bits per heavy atom. The fourth-order valence-electron chi connectivity index (χ4n) is 2.67. The molecule has 0 heterocycles. The van der Waals surface area contributed by atoms with E-state index in [1.807, 2.05) is 37.3 Å². The number of carbonyl (C=O) groups excluding carboxylic acids is 3. The number of nitrogens with zero attached hydrogens (tertiary/aromatic N) is 2. The minimum Gasteiger partial charge on any atom is -0.442 e. The van der Waals surface area contributed by atoms with Gasteiger partial charge in [-0.05, 0) is 32.8 Å². The summed E-state index contributed by atoms with van der Waals surface area (Å²) in [5.74, 6) is -1.11. The van der Waals surface area contributed by atoms with E-state index in [2.05, 4.69) is 5.43 Å². The zero-order valence-corrected chi connectivity index (χ0v) is 17.8. The van der Waals surface area contributed by atoms with Crippen molar-refractivity contribution in [1.29, 1.82) is 0 Å². The Morgan fingerprint density at radius 3 is 2.41 bits per heavy atom. The lowest BCUT2D eigenvalue weighted by molar-refractivity contribution is -0.155. The van der Waals surface area contributed by atoms with Crippen LogP contribution in [0, 0.1) is 5.92 Å². The first-order chi connectivity index (χ1) is 13.7. The molecule has 2 N–H and O–H groups in total. The third kappa shape index (κ3) is 9.94. The molecule has 0 fully saturated rings. The van der Waals surface area contributed by atoms with Crippen molar-refractivity contribution in [2.24, 2.45) is 5.92 Å². The highest BCUT2D eigenvalue weighted by molar-refractivity contribution is 5.81. The Bertz CT molecular complexity index is 645. The van der Waals surface area contributed by atoms with Gasteiger partial charge in [0.25, 0.3) is 0 Å². The first-order valence-corrected chi connectivity index (χ1v) is 9.92. The maximum Gasteiger partial charge on any atom is 0.429 e. The van der Waals surface area contributed by atoms with Crippen LogP contribution in [0.4, 0.5) is 4.79 Å². The van der Waals surface area contributed by atoms with Crippen molar-refractivity contribution in [3.63, 3.8) is 0 Å². The van der Waals surface area contributed by atoms with Crippen LogP contribution in [0.15, 0.2) is 30.3 Å². The standard InChI is InChI=1S/C21H33N3O5/c1-5-6-8-13-18(15-23(28)16-25)19(26)22-24(20(27)29-21(2,3)4)14-17-11-9-7-10-12-17/h7,9-12,16,18,28H,5-6,8,13-15H2,1-4H3,(H,22,26). The van der Waals surface area contributed by atoms with E-state index in [1.165, 1.54) is 0 Å². The van der Waals surface area contributed by atoms with Crippen molar-refractivity contribution in [3.8, 4) is 0 Å². The lowest BCUT2D eigenvalue weighted by Gasteiger charge is -2.29. The van der Waals surface area contributed by atoms with Gasteiger partial charge in [0, 0.05) is 0 Å². The van der Waals surface area contributed by atoms with Gasteiger partial charge in [-0.1, -0.05) is 56.5 Å². The van der Waals surface area contributed by atoms with Gasteiger partial charge < -0.3 is 4.74 Å². The molecule has 0 saturated heterocycles. The fraction of sp³-hybridized carbons (Fsp3) is 0.571. The molecular formula is C21H33N3O5. The van der Waals surface area contributed by atoms with E-state index in [1.54, 1.807) is 20.8 Å². The van der Waals surface area contributed by atoms with Gasteiger partial charge in [-0.25, -0.2) is 14.9 Å². The number of amides is 3. The number of hydrogen-bond acceptors (Lipinski definition) is 5. The first kappa shape index (κ1) is 24.4. The summed E-state index contributed by atoms with van der Waals surface area (Å²) in [6, 6.07) is 9.21. The van der Waals surface area contributed by atoms with Gasteiger partial charge in [-0.3, -0.25) is 20.2 Å². The summed E-state index contributed by atoms with van der Waals surface area (Å²) in [5.41, 5.74) is 2.70. The monoisotopic (exact) mass is 407 g/mol. The van der Waals surface area contributed by atoms with E-state index in [0.717, 1.165) is 29.8 Å². The van der Waals surface area contributed by atoms with Gasteiger partial charge in [0.2, 0.25) is 12.3 Å². The molecule has 0 aliphatic heterocycles. The summed E-state index contributed by atoms with van der Waals surface area (Å²) in [7, 11) is 0. The Kier molecular flexibility index (Phi) is 10.2. The largest absolute Gasteiger partial charge is 0.442 e. The summed E-state index contributed by atoms with van der Waals surface area (Å²) in [5, 5.41) is 11.1. The van der Waals surface area contributed by atoms with Crippen molar-refractivity contribution in [1.82, 2.24) is 15.5 Å². The van der Waals surface area contributed by atoms with E-state index in [-0.39, 0.29) is 19.5 Å². The Labute approximate surface area is 172 Å². The van der Waals surface area contributed by atoms with E-state index in [4.69, 9.17) is 4.74 Å². The Morgan fingerprint density at radius 1 is 1.21 bits per heavy atom. The van der Waals surface area contributed by atoms with Crippen molar-refractivity contribution in [3.05, 3.63) is 35.9 Å². The topological polar surface area (TPSA) is 99.2 Å². The number of hydrazine groups is 1. The molecular weight excluding hydrogens is 374 g/mol. The van der Waals surface area contributed by atoms with Crippen LogP contribution >= 0.6 is 0 Å². The van der Waals surface area contributed by atoms with E-state index in [9.17, 15) is 19.6 Å². The normalized spacial score (nSPS) is 12.0. The predicted molar refractivity (Wildman–Crippen MR) is 109 cm³/mol. The van der Waals surface area contributed by atoms with Gasteiger partial charge in [0.1, 0.15) is 5.60 Å². The van der Waals surface area contributed by atoms with Crippen LogP contribution in [-0.4, -0.2) is 45.8 Å². The molecule has 29 heavy (non-hydrogen) atoms. The average Bonchev–Trinajstić information content (AvgIpc) is 2.66. The number of rotatable bonds is 10. The molecule has 1 unspecified atom stereocenters. The van der Waals surface area contributed by atoms with Crippen LogP contribution in [0.25, 0.3) is 0 Å². The fourth-order valence-corrected chi connectivity index (χ4v) is 2.67. The molecule has 8 nitrogen and oxygen atoms in total. The number of hydrogen-bond donors (Lipinski definition) is 2. The molecule has 1 aromatic carbocycles. The highest BCUT2D eigenvalue weighted by atomic mass is 16.6. The SMILES string of the molecule is CCCCCC(CN(O)C=O)C(=O)NN(Cc1ccccc1)C(=O)OC(C)(C)C. The molecule has 0 aliphatic carbocycles. The second kappa shape index (κ2) is 12.1. The summed E-state index contributed by atoms with van der Waals surface area (Å²) < 4.78 is 5.41. The van der Waals surface area contributed by atoms with Gasteiger partial charge in [0.15, 0.2) is 0 Å². The molecule has 3 amide bonds. The van der Waals surface area contributed by atoms with Gasteiger partial charge in [-0.2, -0.15) is 0 Å². The molecule has 0 saturated carbocycles. The minimum absolute atomic E-state index is 0.125. The molecule has 0 aliphatic rings. The quantitative estimate of drug-likeness (QED) is 0.268. The average molecular weight is 408 g/mol. The zero-order chi connectivity index (χ0) is 21.9. The number of hydroxylamine groups is 2. The van der Waals surface area contributed by atoms with E-state index >= 15 is 0 Å². The van der Waals surface area contributed by atoms with E-state index < -0.39 is 23.5 Å². The van der Waals surface area contributed by atoms with Gasteiger partial charge >= 0.3 is 6.09 Å². The van der Waals surface area contributed by atoms with Gasteiger partial charge in [-0.15, -0.1) is 0 Å². The maximum atomic E-state index is 12.8. The van der Waals surface area contributed by atoms with Crippen molar-refractivity contribution in [2.75, 3.05) is 6.54 Å². The molecule has 1 aromatic rings. The summed E-state index contributed by atoms with van der Waals surface area (Å²) in [4.78, 5) is 36.3. The van der Waals surface area contributed by atoms with Crippen molar-refractivity contribution in [2.45, 2.75) is 65.5 Å². The van der Waals surface area contributed by atoms with Crippen LogP contribution in [0.2, 0.25) is 0 Å². The molecule has 162 valence electrons. The highest BCUT2D eigenvalue weighted by Crippen LogP contribution is 2.15. The van der Waals surface area contributed by atoms with Crippen molar-refractivity contribution < 1.29 is 24.3 Å². The first-order valence-electron chi connectivity index (χ1n) is 9.92. The maximum absolute atomic E-state index is 12.8. The minimum atomic E-state index is -0.726. The molecule has 8 heteroatoms. The molecule has 0 aromatic heterocycles. The van der Waals surface area contributed by atoms with Gasteiger partial charge in [0.05, 0.1) is 19.0 Å². The number of nitrogens with one attached hydrogen (secondary N) is 1. The molecule has 0 spiro atoms. The summed E-state index contributed by atoms with van der Waals surface area (Å²) in [6.07, 6.45) is 2.73. The number of unbranched alkanes of at least 4 members (excludes halogenated alkanes) is 2. The van der Waals surface area contributed by atoms with Crippen LogP contribution in [-0.2, 0) is 20.9 Å². The number of ether oxygens (including phenoxy) is 1. The Hall–Kier alpha value is -2.61. The predicted octanol–water partition coefficient (Wildman–Crippen LogP) is 3.50. The van der Waals surface area contributed by atoms with Crippen molar-refractivity contribution >= 4 is 18.4 Å². The second-order valence-corrected chi connectivity index (χ2v) is 7.95. The lowest BCUT2D eigenvalue weighted by Crippen LogP contribution is -2.50. The Balaban J connectivity index is 2.94. The molecule has 0 bridgehead atoms. The molecule has 1 atom stereocenters. The lowest BCUT2D eigenvalue weighted by atomic mass is 10.0. The van der Waals surface area contributed by atoms with Crippen LogP contribution in [0.3, 0.4) is 0 Å². The summed E-state index contributed by atoms with van der Waals surface area (Å²) in [6.45, 7) is 7.26. The third-order valence-corrected chi connectivity index (χ3v) is 4.10. The van der Waals surface area contributed by atoms with Crippen LogP contribution in [0.5, 0.6) is 0 Å². The summed E-state index contributed by atoms with van der Waals surface area (Å²) >= 11 is 0.